The molecule has 0 saturated carbocycles. The fourth-order valence-electron chi connectivity index (χ4n) is 3.95. The summed E-state index contributed by atoms with van der Waals surface area (Å²) in [6.45, 7) is 7.90. The standard InChI is InChI=1S/C23H31N3O4/c1-4-7-19(27)26-12-10-16(11-13-26)14-30-18-9-6-8-17-21(18)22(24)20(15(3)25-17)23(28)29-5-2/h6,8-9,16H,4-5,7,10-14H2,1-3H3,(H2,24,25). The maximum atomic E-state index is 12.4. The predicted molar refractivity (Wildman–Crippen MR) is 117 cm³/mol. The van der Waals surface area contributed by atoms with Gasteiger partial charge < -0.3 is 20.1 Å². The van der Waals surface area contributed by atoms with Crippen molar-refractivity contribution < 1.29 is 19.1 Å². The van der Waals surface area contributed by atoms with Crippen molar-refractivity contribution >= 4 is 28.5 Å². The molecular formula is C23H31N3O4. The number of amides is 1. The smallest absolute Gasteiger partial charge is 0.342 e. The highest BCUT2D eigenvalue weighted by Crippen LogP contribution is 2.34. The molecule has 0 bridgehead atoms. The first kappa shape index (κ1) is 21.9. The van der Waals surface area contributed by atoms with Crippen molar-refractivity contribution in [3.05, 3.63) is 29.5 Å². The summed E-state index contributed by atoms with van der Waals surface area (Å²) >= 11 is 0. The van der Waals surface area contributed by atoms with E-state index in [1.165, 1.54) is 0 Å². The Kier molecular flexibility index (Phi) is 7.13. The van der Waals surface area contributed by atoms with E-state index < -0.39 is 5.97 Å². The zero-order chi connectivity index (χ0) is 21.7. The van der Waals surface area contributed by atoms with Crippen LogP contribution in [0.5, 0.6) is 5.75 Å². The van der Waals surface area contributed by atoms with Gasteiger partial charge in [-0.3, -0.25) is 9.78 Å². The van der Waals surface area contributed by atoms with Crippen LogP contribution >= 0.6 is 0 Å². The van der Waals surface area contributed by atoms with Gasteiger partial charge in [-0.15, -0.1) is 0 Å². The van der Waals surface area contributed by atoms with Crippen LogP contribution in [0.1, 0.15) is 55.6 Å². The molecule has 0 spiro atoms. The van der Waals surface area contributed by atoms with E-state index in [0.717, 1.165) is 32.4 Å². The molecule has 0 aliphatic carbocycles. The third-order valence-corrected chi connectivity index (χ3v) is 5.58. The fourth-order valence-corrected chi connectivity index (χ4v) is 3.95. The third kappa shape index (κ3) is 4.66. The number of aromatic nitrogens is 1. The van der Waals surface area contributed by atoms with Gasteiger partial charge in [0.1, 0.15) is 11.3 Å². The number of fused-ring (bicyclic) bond motifs is 1. The molecule has 1 amide bonds. The second-order valence-corrected chi connectivity index (χ2v) is 7.74. The minimum absolute atomic E-state index is 0.242. The molecule has 1 aromatic heterocycles. The number of piperidine rings is 1. The summed E-state index contributed by atoms with van der Waals surface area (Å²) in [6.07, 6.45) is 3.33. The number of carbonyl (C=O) groups is 2. The van der Waals surface area contributed by atoms with Gasteiger partial charge >= 0.3 is 5.97 Å². The van der Waals surface area contributed by atoms with Crippen LogP contribution in [0.4, 0.5) is 5.69 Å². The van der Waals surface area contributed by atoms with Crippen molar-refractivity contribution in [2.75, 3.05) is 32.0 Å². The first-order valence-corrected chi connectivity index (χ1v) is 10.7. The number of nitrogen functional groups attached to an aromatic ring is 1. The summed E-state index contributed by atoms with van der Waals surface area (Å²) in [7, 11) is 0. The molecule has 0 radical (unpaired) electrons. The second-order valence-electron chi connectivity index (χ2n) is 7.74. The first-order chi connectivity index (χ1) is 14.5. The Morgan fingerprint density at radius 3 is 2.63 bits per heavy atom. The van der Waals surface area contributed by atoms with Crippen LogP contribution in [0.15, 0.2) is 18.2 Å². The SMILES string of the molecule is CCCC(=O)N1CCC(COc2cccc3nc(C)c(C(=O)OCC)c(N)c23)CC1. The molecule has 2 heterocycles. The lowest BCUT2D eigenvalue weighted by atomic mass is 9.97. The fraction of sp³-hybridized carbons (Fsp3) is 0.522. The number of nitrogens with zero attached hydrogens (tertiary/aromatic N) is 2. The Bertz CT molecular complexity index is 920. The van der Waals surface area contributed by atoms with Crippen LogP contribution < -0.4 is 10.5 Å². The number of likely N-dealkylation sites (tertiary alicyclic amines) is 1. The molecule has 2 aromatic rings. The van der Waals surface area contributed by atoms with Crippen molar-refractivity contribution in [2.45, 2.75) is 46.5 Å². The van der Waals surface area contributed by atoms with Gasteiger partial charge in [-0.2, -0.15) is 0 Å². The van der Waals surface area contributed by atoms with Crippen LogP contribution in [0, 0.1) is 12.8 Å². The van der Waals surface area contributed by atoms with Crippen LogP contribution in [0.25, 0.3) is 10.9 Å². The van der Waals surface area contributed by atoms with Gasteiger partial charge in [0.05, 0.1) is 35.5 Å². The van der Waals surface area contributed by atoms with Crippen LogP contribution in [0.3, 0.4) is 0 Å². The summed E-state index contributed by atoms with van der Waals surface area (Å²) in [4.78, 5) is 30.9. The Balaban J connectivity index is 1.75. The van der Waals surface area contributed by atoms with Crippen molar-refractivity contribution in [3.8, 4) is 5.75 Å². The molecule has 2 N–H and O–H groups in total. The van der Waals surface area contributed by atoms with E-state index >= 15 is 0 Å². The van der Waals surface area contributed by atoms with E-state index in [4.69, 9.17) is 15.2 Å². The molecule has 162 valence electrons. The van der Waals surface area contributed by atoms with Crippen molar-refractivity contribution in [1.82, 2.24) is 9.88 Å². The number of ether oxygens (including phenoxy) is 2. The molecular weight excluding hydrogens is 382 g/mol. The number of hydrogen-bond acceptors (Lipinski definition) is 6. The number of rotatable bonds is 7. The van der Waals surface area contributed by atoms with Crippen molar-refractivity contribution in [2.24, 2.45) is 5.92 Å². The van der Waals surface area contributed by atoms with Crippen LogP contribution in [-0.2, 0) is 9.53 Å². The van der Waals surface area contributed by atoms with E-state index in [2.05, 4.69) is 4.98 Å². The van der Waals surface area contributed by atoms with Crippen molar-refractivity contribution in [1.29, 1.82) is 0 Å². The minimum Gasteiger partial charge on any atom is -0.493 e. The predicted octanol–water partition coefficient (Wildman–Crippen LogP) is 3.72. The molecule has 0 atom stereocenters. The zero-order valence-corrected chi connectivity index (χ0v) is 18.1. The lowest BCUT2D eigenvalue weighted by molar-refractivity contribution is -0.132. The molecule has 3 rings (SSSR count). The van der Waals surface area contributed by atoms with Gasteiger partial charge in [-0.25, -0.2) is 4.79 Å². The number of aryl methyl sites for hydroxylation is 1. The summed E-state index contributed by atoms with van der Waals surface area (Å²) < 4.78 is 11.3. The maximum Gasteiger partial charge on any atom is 0.342 e. The number of benzene rings is 1. The molecule has 0 unspecified atom stereocenters. The number of pyridine rings is 1. The molecule has 1 aromatic carbocycles. The average Bonchev–Trinajstić information content (AvgIpc) is 2.72. The van der Waals surface area contributed by atoms with Gasteiger partial charge in [0.15, 0.2) is 0 Å². The quantitative estimate of drug-likeness (QED) is 0.695. The molecule has 1 aliphatic rings. The van der Waals surface area contributed by atoms with E-state index in [1.54, 1.807) is 13.8 Å². The highest BCUT2D eigenvalue weighted by Gasteiger charge is 2.24. The first-order valence-electron chi connectivity index (χ1n) is 10.7. The Morgan fingerprint density at radius 1 is 1.23 bits per heavy atom. The Morgan fingerprint density at radius 2 is 1.97 bits per heavy atom. The summed E-state index contributed by atoms with van der Waals surface area (Å²) in [6, 6.07) is 5.59. The monoisotopic (exact) mass is 413 g/mol. The summed E-state index contributed by atoms with van der Waals surface area (Å²) in [5, 5.41) is 0.640. The normalized spacial score (nSPS) is 14.7. The van der Waals surface area contributed by atoms with E-state index in [9.17, 15) is 9.59 Å². The van der Waals surface area contributed by atoms with Gasteiger partial charge in [-0.05, 0) is 51.2 Å². The van der Waals surface area contributed by atoms with Crippen LogP contribution in [0.2, 0.25) is 0 Å². The third-order valence-electron chi connectivity index (χ3n) is 5.58. The van der Waals surface area contributed by atoms with Gasteiger partial charge in [0.25, 0.3) is 0 Å². The zero-order valence-electron chi connectivity index (χ0n) is 18.1. The second kappa shape index (κ2) is 9.78. The number of hydrogen-bond donors (Lipinski definition) is 1. The molecule has 1 fully saturated rings. The largest absolute Gasteiger partial charge is 0.493 e. The summed E-state index contributed by atoms with van der Waals surface area (Å²) in [5.74, 6) is 0.759. The molecule has 7 nitrogen and oxygen atoms in total. The van der Waals surface area contributed by atoms with E-state index in [-0.39, 0.29) is 12.5 Å². The molecule has 1 aliphatic heterocycles. The van der Waals surface area contributed by atoms with Gasteiger partial charge in [0.2, 0.25) is 5.91 Å². The topological polar surface area (TPSA) is 94.8 Å². The molecule has 1 saturated heterocycles. The highest BCUT2D eigenvalue weighted by molar-refractivity contribution is 6.07. The van der Waals surface area contributed by atoms with E-state index in [0.29, 0.717) is 52.5 Å². The van der Waals surface area contributed by atoms with Crippen LogP contribution in [-0.4, -0.2) is 48.1 Å². The van der Waals surface area contributed by atoms with Gasteiger partial charge in [-0.1, -0.05) is 13.0 Å². The minimum atomic E-state index is -0.471. The molecule has 30 heavy (non-hydrogen) atoms. The number of nitrogens with two attached hydrogens (primary N) is 1. The Labute approximate surface area is 177 Å². The number of esters is 1. The summed E-state index contributed by atoms with van der Waals surface area (Å²) in [5.41, 5.74) is 8.24. The van der Waals surface area contributed by atoms with Crippen molar-refractivity contribution in [3.63, 3.8) is 0 Å². The lowest BCUT2D eigenvalue weighted by Gasteiger charge is -2.32. The Hall–Kier alpha value is -2.83. The number of anilines is 1. The van der Waals surface area contributed by atoms with Gasteiger partial charge in [0, 0.05) is 19.5 Å². The average molecular weight is 414 g/mol. The van der Waals surface area contributed by atoms with E-state index in [1.807, 2.05) is 30.0 Å². The lowest BCUT2D eigenvalue weighted by Crippen LogP contribution is -2.39. The maximum absolute atomic E-state index is 12.4. The molecule has 7 heteroatoms. The highest BCUT2D eigenvalue weighted by atomic mass is 16.5. The number of carbonyl (C=O) groups excluding carboxylic acids is 2.